The number of nitrogens with zero attached hydrogens (tertiary/aromatic N) is 1. The van der Waals surface area contributed by atoms with Crippen molar-refractivity contribution < 1.29 is 9.84 Å². The molecule has 0 fully saturated rings. The highest BCUT2D eigenvalue weighted by Gasteiger charge is 2.08. The predicted octanol–water partition coefficient (Wildman–Crippen LogP) is 2.27. The van der Waals surface area contributed by atoms with Crippen molar-refractivity contribution >= 4 is 11.8 Å². The molecule has 1 aromatic rings. The van der Waals surface area contributed by atoms with Crippen LogP contribution in [0.2, 0.25) is 0 Å². The van der Waals surface area contributed by atoms with Crippen molar-refractivity contribution in [2.24, 2.45) is 0 Å². The van der Waals surface area contributed by atoms with E-state index in [0.29, 0.717) is 5.75 Å². The maximum absolute atomic E-state index is 9.86. The highest BCUT2D eigenvalue weighted by Crippen LogP contribution is 2.21. The standard InChI is InChI=1S/C11H17NO2S/c1-14-10-6-9(7-12-8-10)11(13)4-3-5-15-2/h6-8,11,13H,3-5H2,1-2H3. The minimum atomic E-state index is -0.431. The van der Waals surface area contributed by atoms with Crippen LogP contribution >= 0.6 is 11.8 Å². The van der Waals surface area contributed by atoms with E-state index in [1.165, 1.54) is 0 Å². The zero-order chi connectivity index (χ0) is 11.1. The smallest absolute Gasteiger partial charge is 0.137 e. The van der Waals surface area contributed by atoms with Gasteiger partial charge in [0.05, 0.1) is 19.4 Å². The van der Waals surface area contributed by atoms with Crippen LogP contribution in [-0.2, 0) is 0 Å². The van der Waals surface area contributed by atoms with Crippen molar-refractivity contribution in [3.05, 3.63) is 24.0 Å². The summed E-state index contributed by atoms with van der Waals surface area (Å²) in [5.41, 5.74) is 0.829. The number of ether oxygens (including phenoxy) is 1. The lowest BCUT2D eigenvalue weighted by atomic mass is 10.1. The first-order chi connectivity index (χ1) is 7.27. The molecule has 0 saturated heterocycles. The highest BCUT2D eigenvalue weighted by molar-refractivity contribution is 7.98. The van der Waals surface area contributed by atoms with Crippen molar-refractivity contribution in [2.75, 3.05) is 19.1 Å². The van der Waals surface area contributed by atoms with E-state index in [2.05, 4.69) is 11.2 Å². The molecule has 0 aliphatic rings. The summed E-state index contributed by atoms with van der Waals surface area (Å²) in [6.45, 7) is 0. The SMILES string of the molecule is COc1cncc(C(O)CCCSC)c1. The van der Waals surface area contributed by atoms with E-state index in [1.54, 1.807) is 31.3 Å². The van der Waals surface area contributed by atoms with E-state index >= 15 is 0 Å². The summed E-state index contributed by atoms with van der Waals surface area (Å²) in [6.07, 6.45) is 6.75. The van der Waals surface area contributed by atoms with E-state index in [9.17, 15) is 5.11 Å². The van der Waals surface area contributed by atoms with E-state index in [0.717, 1.165) is 24.2 Å². The fourth-order valence-electron chi connectivity index (χ4n) is 1.32. The molecule has 1 N–H and O–H groups in total. The molecule has 15 heavy (non-hydrogen) atoms. The van der Waals surface area contributed by atoms with E-state index in [1.807, 2.05) is 6.07 Å². The maximum Gasteiger partial charge on any atom is 0.137 e. The minimum Gasteiger partial charge on any atom is -0.495 e. The van der Waals surface area contributed by atoms with Crippen LogP contribution in [0.4, 0.5) is 0 Å². The van der Waals surface area contributed by atoms with Gasteiger partial charge in [-0.1, -0.05) is 0 Å². The van der Waals surface area contributed by atoms with Crippen LogP contribution in [-0.4, -0.2) is 29.2 Å². The number of hydrogen-bond donors (Lipinski definition) is 1. The van der Waals surface area contributed by atoms with Crippen molar-refractivity contribution in [2.45, 2.75) is 18.9 Å². The van der Waals surface area contributed by atoms with Gasteiger partial charge in [0.2, 0.25) is 0 Å². The van der Waals surface area contributed by atoms with Crippen molar-refractivity contribution in [1.82, 2.24) is 4.98 Å². The molecule has 1 rings (SSSR count). The van der Waals surface area contributed by atoms with Crippen molar-refractivity contribution in [3.63, 3.8) is 0 Å². The predicted molar refractivity (Wildman–Crippen MR) is 63.4 cm³/mol. The number of aromatic nitrogens is 1. The summed E-state index contributed by atoms with van der Waals surface area (Å²) in [5, 5.41) is 9.86. The minimum absolute atomic E-state index is 0.431. The van der Waals surface area contributed by atoms with Crippen LogP contribution in [0.25, 0.3) is 0 Å². The first-order valence-electron chi connectivity index (χ1n) is 4.94. The summed E-state index contributed by atoms with van der Waals surface area (Å²) in [6, 6.07) is 1.83. The lowest BCUT2D eigenvalue weighted by molar-refractivity contribution is 0.166. The Kier molecular flexibility index (Phi) is 5.50. The van der Waals surface area contributed by atoms with Crippen LogP contribution in [0.5, 0.6) is 5.75 Å². The molecule has 3 nitrogen and oxygen atoms in total. The number of aliphatic hydroxyl groups is 1. The third kappa shape index (κ3) is 4.10. The Morgan fingerprint density at radius 1 is 1.53 bits per heavy atom. The largest absolute Gasteiger partial charge is 0.495 e. The van der Waals surface area contributed by atoms with E-state index < -0.39 is 6.10 Å². The van der Waals surface area contributed by atoms with Gasteiger partial charge in [-0.2, -0.15) is 11.8 Å². The molecular formula is C11H17NO2S. The Balaban J connectivity index is 2.52. The second-order valence-electron chi connectivity index (χ2n) is 3.31. The molecular weight excluding hydrogens is 210 g/mol. The summed E-state index contributed by atoms with van der Waals surface area (Å²) in [4.78, 5) is 4.01. The number of thioether (sulfide) groups is 1. The molecule has 0 aliphatic carbocycles. The van der Waals surface area contributed by atoms with Crippen molar-refractivity contribution in [3.8, 4) is 5.75 Å². The molecule has 0 bridgehead atoms. The fraction of sp³-hybridized carbons (Fsp3) is 0.545. The van der Waals surface area contributed by atoms with E-state index in [-0.39, 0.29) is 0 Å². The molecule has 4 heteroatoms. The third-order valence-electron chi connectivity index (χ3n) is 2.18. The number of pyridine rings is 1. The number of methoxy groups -OCH3 is 1. The van der Waals surface area contributed by atoms with Crippen LogP contribution in [0.3, 0.4) is 0 Å². The lowest BCUT2D eigenvalue weighted by Crippen LogP contribution is -1.99. The molecule has 1 heterocycles. The van der Waals surface area contributed by atoms with Gasteiger partial charge in [-0.05, 0) is 30.9 Å². The lowest BCUT2D eigenvalue weighted by Gasteiger charge is -2.10. The number of rotatable bonds is 6. The zero-order valence-electron chi connectivity index (χ0n) is 9.14. The molecule has 0 amide bonds. The molecule has 0 radical (unpaired) electrons. The monoisotopic (exact) mass is 227 g/mol. The van der Waals surface area contributed by atoms with Gasteiger partial charge in [-0.3, -0.25) is 4.98 Å². The quantitative estimate of drug-likeness (QED) is 0.757. The first-order valence-corrected chi connectivity index (χ1v) is 6.33. The van der Waals surface area contributed by atoms with Gasteiger partial charge < -0.3 is 9.84 Å². The molecule has 0 saturated carbocycles. The zero-order valence-corrected chi connectivity index (χ0v) is 9.96. The normalized spacial score (nSPS) is 12.5. The highest BCUT2D eigenvalue weighted by atomic mass is 32.2. The van der Waals surface area contributed by atoms with E-state index in [4.69, 9.17) is 4.74 Å². The van der Waals surface area contributed by atoms with Gasteiger partial charge in [0.25, 0.3) is 0 Å². The summed E-state index contributed by atoms with van der Waals surface area (Å²) < 4.78 is 5.05. The first kappa shape index (κ1) is 12.3. The number of aliphatic hydroxyl groups excluding tert-OH is 1. The van der Waals surface area contributed by atoms with Crippen LogP contribution in [0, 0.1) is 0 Å². The van der Waals surface area contributed by atoms with Crippen LogP contribution in [0.1, 0.15) is 24.5 Å². The molecule has 84 valence electrons. The van der Waals surface area contributed by atoms with Gasteiger partial charge >= 0.3 is 0 Å². The van der Waals surface area contributed by atoms with Gasteiger partial charge in [0, 0.05) is 11.8 Å². The Bertz CT molecular complexity index is 294. The van der Waals surface area contributed by atoms with Gasteiger partial charge in [-0.15, -0.1) is 0 Å². The summed E-state index contributed by atoms with van der Waals surface area (Å²) >= 11 is 1.80. The average molecular weight is 227 g/mol. The Morgan fingerprint density at radius 3 is 3.00 bits per heavy atom. The van der Waals surface area contributed by atoms with Crippen LogP contribution in [0.15, 0.2) is 18.5 Å². The van der Waals surface area contributed by atoms with Gasteiger partial charge in [0.15, 0.2) is 0 Å². The molecule has 0 aromatic carbocycles. The molecule has 1 unspecified atom stereocenters. The molecule has 1 atom stereocenters. The maximum atomic E-state index is 9.86. The average Bonchev–Trinajstić information content (AvgIpc) is 2.29. The second-order valence-corrected chi connectivity index (χ2v) is 4.29. The Hall–Kier alpha value is -0.740. The van der Waals surface area contributed by atoms with Gasteiger partial charge in [0.1, 0.15) is 5.75 Å². The fourth-order valence-corrected chi connectivity index (χ4v) is 1.77. The topological polar surface area (TPSA) is 42.4 Å². The number of hydrogen-bond acceptors (Lipinski definition) is 4. The summed E-state index contributed by atoms with van der Waals surface area (Å²) in [7, 11) is 1.60. The molecule has 1 aromatic heterocycles. The Labute approximate surface area is 94.9 Å². The molecule has 0 aliphatic heterocycles. The molecule has 0 spiro atoms. The second kappa shape index (κ2) is 6.69. The van der Waals surface area contributed by atoms with Crippen LogP contribution < -0.4 is 4.74 Å². The third-order valence-corrected chi connectivity index (χ3v) is 2.88. The van der Waals surface area contributed by atoms with Gasteiger partial charge in [-0.25, -0.2) is 0 Å². The Morgan fingerprint density at radius 2 is 2.33 bits per heavy atom. The van der Waals surface area contributed by atoms with Crippen molar-refractivity contribution in [1.29, 1.82) is 0 Å². The summed E-state index contributed by atoms with van der Waals surface area (Å²) in [5.74, 6) is 1.77.